The fourth-order valence-electron chi connectivity index (χ4n) is 4.97. The molecule has 3 amide bonds. The molecule has 0 radical (unpaired) electrons. The van der Waals surface area contributed by atoms with Crippen molar-refractivity contribution in [1.82, 2.24) is 10.6 Å². The van der Waals surface area contributed by atoms with Gasteiger partial charge in [-0.25, -0.2) is 8.78 Å². The molecule has 1 aliphatic rings. The van der Waals surface area contributed by atoms with Crippen molar-refractivity contribution in [1.29, 1.82) is 0 Å². The van der Waals surface area contributed by atoms with Crippen molar-refractivity contribution in [3.63, 3.8) is 0 Å². The summed E-state index contributed by atoms with van der Waals surface area (Å²) in [6, 6.07) is 5.27. The number of amides is 3. The molecule has 0 unspecified atom stereocenters. The summed E-state index contributed by atoms with van der Waals surface area (Å²) >= 11 is 0. The minimum Gasteiger partial charge on any atom is -0.481 e. The molecule has 2 aromatic rings. The van der Waals surface area contributed by atoms with Gasteiger partial charge >= 0.3 is 17.8 Å². The third kappa shape index (κ3) is 9.50. The van der Waals surface area contributed by atoms with Gasteiger partial charge in [0.05, 0.1) is 6.04 Å². The van der Waals surface area contributed by atoms with E-state index in [1.807, 2.05) is 32.9 Å². The highest BCUT2D eigenvalue weighted by atomic mass is 19.2. The number of rotatable bonds is 11. The number of hydrogen-bond acceptors (Lipinski definition) is 6. The number of carbonyl (C=O) groups is 5. The van der Waals surface area contributed by atoms with Crippen LogP contribution < -0.4 is 20.7 Å². The summed E-state index contributed by atoms with van der Waals surface area (Å²) in [5.41, 5.74) is 1.09. The smallest absolute Gasteiger partial charge is 0.313 e. The number of hydrogen-bond donors (Lipinski definition) is 4. The van der Waals surface area contributed by atoms with Crippen molar-refractivity contribution >= 4 is 35.2 Å². The van der Waals surface area contributed by atoms with Gasteiger partial charge in [0.1, 0.15) is 6.61 Å². The molecule has 0 aliphatic heterocycles. The minimum atomic E-state index is -1.86. The Balaban J connectivity index is 1.55. The summed E-state index contributed by atoms with van der Waals surface area (Å²) in [7, 11) is 0. The summed E-state index contributed by atoms with van der Waals surface area (Å²) in [6.45, 7) is 4.81. The van der Waals surface area contributed by atoms with Crippen LogP contribution in [0.4, 0.5) is 23.2 Å². The molecule has 0 spiro atoms. The number of nitrogens with one attached hydrogen (secondary N) is 3. The summed E-state index contributed by atoms with van der Waals surface area (Å²) in [4.78, 5) is 62.0. The average molecular weight is 638 g/mol. The van der Waals surface area contributed by atoms with Crippen LogP contribution in [-0.2, 0) is 29.4 Å². The maximum atomic E-state index is 13.9. The first-order valence-electron chi connectivity index (χ1n) is 14.3. The zero-order valence-electron chi connectivity index (χ0n) is 25.0. The van der Waals surface area contributed by atoms with E-state index in [2.05, 4.69) is 20.7 Å². The van der Waals surface area contributed by atoms with Gasteiger partial charge in [0, 0.05) is 30.1 Å². The van der Waals surface area contributed by atoms with Crippen molar-refractivity contribution in [2.75, 3.05) is 11.9 Å². The second-order valence-electron chi connectivity index (χ2n) is 11.8. The van der Waals surface area contributed by atoms with E-state index in [-0.39, 0.29) is 30.7 Å². The number of benzene rings is 2. The van der Waals surface area contributed by atoms with Gasteiger partial charge in [0.2, 0.25) is 17.5 Å². The highest BCUT2D eigenvalue weighted by molar-refractivity contribution is 6.39. The Labute approximate surface area is 256 Å². The fraction of sp³-hybridized carbons (Fsp3) is 0.452. The first kappa shape index (κ1) is 35.0. The van der Waals surface area contributed by atoms with Gasteiger partial charge in [-0.3, -0.25) is 24.0 Å². The molecule has 10 nitrogen and oxygen atoms in total. The molecular weight excluding hydrogens is 602 g/mol. The molecule has 0 bridgehead atoms. The fourth-order valence-corrected chi connectivity index (χ4v) is 4.97. The average Bonchev–Trinajstić information content (AvgIpc) is 2.98. The molecular formula is C31H35F4N3O7. The monoisotopic (exact) mass is 637 g/mol. The number of anilines is 1. The largest absolute Gasteiger partial charge is 0.481 e. The van der Waals surface area contributed by atoms with Gasteiger partial charge < -0.3 is 25.8 Å². The van der Waals surface area contributed by atoms with Crippen LogP contribution in [0.5, 0.6) is 5.75 Å². The molecule has 1 saturated carbocycles. The van der Waals surface area contributed by atoms with Gasteiger partial charge in [-0.1, -0.05) is 39.0 Å². The van der Waals surface area contributed by atoms with Crippen LogP contribution in [0.25, 0.3) is 0 Å². The van der Waals surface area contributed by atoms with E-state index in [0.717, 1.165) is 5.56 Å². The number of carbonyl (C=O) groups excluding carboxylic acids is 4. The summed E-state index contributed by atoms with van der Waals surface area (Å²) in [6.07, 6.45) is 0.257. The minimum absolute atomic E-state index is 0.0303. The van der Waals surface area contributed by atoms with E-state index < -0.39 is 89.5 Å². The van der Waals surface area contributed by atoms with Crippen molar-refractivity contribution < 1.29 is 51.4 Å². The van der Waals surface area contributed by atoms with Gasteiger partial charge in [-0.05, 0) is 49.1 Å². The lowest BCUT2D eigenvalue weighted by molar-refractivity contribution is -0.138. The number of ketones is 1. The molecule has 1 fully saturated rings. The summed E-state index contributed by atoms with van der Waals surface area (Å²) < 4.78 is 59.4. The quantitative estimate of drug-likeness (QED) is 0.164. The van der Waals surface area contributed by atoms with Gasteiger partial charge in [-0.2, -0.15) is 8.78 Å². The highest BCUT2D eigenvalue weighted by Gasteiger charge is 2.32. The lowest BCUT2D eigenvalue weighted by Gasteiger charge is -2.29. The first-order chi connectivity index (χ1) is 21.1. The Morgan fingerprint density at radius 3 is 2.11 bits per heavy atom. The second-order valence-corrected chi connectivity index (χ2v) is 11.8. The Hall–Kier alpha value is -4.49. The molecule has 0 saturated heterocycles. The van der Waals surface area contributed by atoms with Crippen LogP contribution in [0.15, 0.2) is 30.3 Å². The molecule has 2 aromatic carbocycles. The zero-order valence-corrected chi connectivity index (χ0v) is 25.0. The van der Waals surface area contributed by atoms with Crippen molar-refractivity contribution in [3.05, 3.63) is 59.2 Å². The van der Waals surface area contributed by atoms with Crippen molar-refractivity contribution in [2.24, 2.45) is 5.92 Å². The van der Waals surface area contributed by atoms with Crippen LogP contribution in [0.2, 0.25) is 0 Å². The van der Waals surface area contributed by atoms with Crippen molar-refractivity contribution in [3.8, 4) is 5.75 Å². The normalized spacial score (nSPS) is 17.1. The lowest BCUT2D eigenvalue weighted by atomic mass is 9.85. The lowest BCUT2D eigenvalue weighted by Crippen LogP contribution is -2.48. The van der Waals surface area contributed by atoms with Gasteiger partial charge in [0.15, 0.2) is 23.2 Å². The van der Waals surface area contributed by atoms with E-state index in [0.29, 0.717) is 18.5 Å². The number of carboxylic acids is 1. The van der Waals surface area contributed by atoms with Gasteiger partial charge in [0.25, 0.3) is 0 Å². The Morgan fingerprint density at radius 1 is 0.933 bits per heavy atom. The molecule has 1 aliphatic carbocycles. The third-order valence-corrected chi connectivity index (χ3v) is 7.41. The molecule has 0 aromatic heterocycles. The van der Waals surface area contributed by atoms with Crippen LogP contribution in [0, 0.1) is 29.2 Å². The summed E-state index contributed by atoms with van der Waals surface area (Å²) in [5.74, 6) is -13.8. The number of aliphatic carboxylic acids is 1. The van der Waals surface area contributed by atoms with Crippen molar-refractivity contribution in [2.45, 2.75) is 76.8 Å². The maximum Gasteiger partial charge on any atom is 0.313 e. The molecule has 244 valence electrons. The summed E-state index contributed by atoms with van der Waals surface area (Å²) in [5, 5.41) is 16.8. The first-order valence-corrected chi connectivity index (χ1v) is 14.3. The number of para-hydroxylation sites is 1. The molecule has 3 rings (SSSR count). The Kier molecular flexibility index (Phi) is 11.7. The number of carboxylic acid groups (broad SMARTS) is 1. The van der Waals surface area contributed by atoms with Crippen LogP contribution in [0.3, 0.4) is 0 Å². The van der Waals surface area contributed by atoms with E-state index in [4.69, 9.17) is 5.11 Å². The third-order valence-electron chi connectivity index (χ3n) is 7.41. The molecule has 45 heavy (non-hydrogen) atoms. The molecule has 4 N–H and O–H groups in total. The number of ether oxygens (including phenoxy) is 1. The van der Waals surface area contributed by atoms with E-state index >= 15 is 0 Å². The topological polar surface area (TPSA) is 151 Å². The van der Waals surface area contributed by atoms with Crippen LogP contribution in [0.1, 0.15) is 64.9 Å². The van der Waals surface area contributed by atoms with Gasteiger partial charge in [-0.15, -0.1) is 0 Å². The molecule has 14 heteroatoms. The van der Waals surface area contributed by atoms with Crippen LogP contribution >= 0.6 is 0 Å². The highest BCUT2D eigenvalue weighted by Crippen LogP contribution is 2.30. The molecule has 0 heterocycles. The van der Waals surface area contributed by atoms with E-state index in [1.165, 1.54) is 0 Å². The van der Waals surface area contributed by atoms with E-state index in [9.17, 15) is 41.5 Å². The molecule has 1 atom stereocenters. The van der Waals surface area contributed by atoms with E-state index in [1.54, 1.807) is 12.1 Å². The number of Topliss-reactive ketones (excluding diaryl/α,β-unsaturated/α-hetero) is 1. The Bertz CT molecular complexity index is 1430. The Morgan fingerprint density at radius 2 is 1.53 bits per heavy atom. The standard InChI is InChI=1S/C31H35F4N3O7/c1-31(2,3)18-6-4-5-7-21(18)37-30(44)29(43)36-17-10-8-16(9-11-17)28(42)38-22(12-13-24(40)41)23(39)15-45-27-25(34)19(32)14-20(33)26(27)35/h4-7,14,16-17,22H,8-13,15H2,1-3H3,(H,36,43)(H,37,44)(H,38,42)(H,40,41)/t16-,17-,22-/m0/s1. The predicted octanol–water partition coefficient (Wildman–Crippen LogP) is 4.15. The van der Waals surface area contributed by atoms with Crippen LogP contribution in [-0.4, -0.2) is 53.3 Å². The SMILES string of the molecule is CC(C)(C)c1ccccc1NC(=O)C(=O)N[C@H]1CC[C@H](C(=O)N[C@@H](CCC(=O)O)C(=O)COc2c(F)c(F)cc(F)c2F)CC1. The predicted molar refractivity (Wildman–Crippen MR) is 153 cm³/mol. The number of halogens is 4. The maximum absolute atomic E-state index is 13.9. The zero-order chi connectivity index (χ0) is 33.5. The second kappa shape index (κ2) is 15.0.